The van der Waals surface area contributed by atoms with Crippen molar-refractivity contribution in [1.82, 2.24) is 9.55 Å². The van der Waals surface area contributed by atoms with E-state index in [1.807, 2.05) is 0 Å². The first-order chi connectivity index (χ1) is 9.31. The normalized spacial score (nSPS) is 17.8. The Morgan fingerprint density at radius 1 is 1.21 bits per heavy atom. The zero-order chi connectivity index (χ0) is 13.2. The minimum absolute atomic E-state index is 0.505. The summed E-state index contributed by atoms with van der Waals surface area (Å²) in [6.45, 7) is 2.18. The van der Waals surface area contributed by atoms with Crippen molar-refractivity contribution in [2.24, 2.45) is 0 Å². The molecule has 0 unspecified atom stereocenters. The van der Waals surface area contributed by atoms with Crippen LogP contribution in [-0.2, 0) is 5.88 Å². The summed E-state index contributed by atoms with van der Waals surface area (Å²) in [4.78, 5) is 4.73. The quantitative estimate of drug-likeness (QED) is 0.559. The molecule has 0 spiro atoms. The summed E-state index contributed by atoms with van der Waals surface area (Å²) >= 11 is 6.13. The molecule has 0 radical (unpaired) electrons. The highest BCUT2D eigenvalue weighted by molar-refractivity contribution is 6.16. The van der Waals surface area contributed by atoms with E-state index in [1.165, 1.54) is 49.6 Å². The molecule has 1 aromatic carbocycles. The Morgan fingerprint density at radius 2 is 1.95 bits per heavy atom. The molecule has 3 heteroatoms. The van der Waals surface area contributed by atoms with Crippen molar-refractivity contribution >= 4 is 22.6 Å². The fourth-order valence-electron chi connectivity index (χ4n) is 3.37. The summed E-state index contributed by atoms with van der Waals surface area (Å²) in [5.41, 5.74) is 3.70. The van der Waals surface area contributed by atoms with E-state index in [9.17, 15) is 0 Å². The molecule has 1 aliphatic carbocycles. The number of rotatable bonds is 2. The predicted molar refractivity (Wildman–Crippen MR) is 80.8 cm³/mol. The van der Waals surface area contributed by atoms with Crippen molar-refractivity contribution in [2.45, 2.75) is 57.4 Å². The van der Waals surface area contributed by atoms with E-state index in [2.05, 4.69) is 29.7 Å². The molecule has 1 saturated carbocycles. The first-order valence-electron chi connectivity index (χ1n) is 7.33. The zero-order valence-electron chi connectivity index (χ0n) is 11.5. The van der Waals surface area contributed by atoms with Crippen LogP contribution >= 0.6 is 11.6 Å². The lowest BCUT2D eigenvalue weighted by atomic mass is 10.1. The van der Waals surface area contributed by atoms with Crippen LogP contribution in [0.3, 0.4) is 0 Å². The monoisotopic (exact) mass is 276 g/mol. The minimum Gasteiger partial charge on any atom is -0.324 e. The van der Waals surface area contributed by atoms with Crippen LogP contribution < -0.4 is 0 Å². The summed E-state index contributed by atoms with van der Waals surface area (Å²) in [7, 11) is 0. The summed E-state index contributed by atoms with van der Waals surface area (Å²) in [5, 5.41) is 0. The van der Waals surface area contributed by atoms with Gasteiger partial charge in [0.15, 0.2) is 0 Å². The van der Waals surface area contributed by atoms with Gasteiger partial charge in [0.25, 0.3) is 0 Å². The van der Waals surface area contributed by atoms with E-state index < -0.39 is 0 Å². The van der Waals surface area contributed by atoms with E-state index in [4.69, 9.17) is 16.6 Å². The Balaban J connectivity index is 2.14. The average molecular weight is 277 g/mol. The van der Waals surface area contributed by atoms with Crippen LogP contribution in [0.25, 0.3) is 11.0 Å². The van der Waals surface area contributed by atoms with Crippen molar-refractivity contribution in [3.05, 3.63) is 29.6 Å². The van der Waals surface area contributed by atoms with E-state index in [0.29, 0.717) is 11.9 Å². The second kappa shape index (κ2) is 5.54. The van der Waals surface area contributed by atoms with Gasteiger partial charge in [-0.1, -0.05) is 37.8 Å². The first kappa shape index (κ1) is 13.0. The van der Waals surface area contributed by atoms with E-state index >= 15 is 0 Å². The van der Waals surface area contributed by atoms with Crippen LogP contribution in [0, 0.1) is 6.92 Å². The Labute approximate surface area is 119 Å². The topological polar surface area (TPSA) is 17.8 Å². The number of hydrogen-bond acceptors (Lipinski definition) is 1. The van der Waals surface area contributed by atoms with Gasteiger partial charge in [0.1, 0.15) is 5.82 Å². The molecule has 2 aromatic rings. The van der Waals surface area contributed by atoms with Gasteiger partial charge in [0.05, 0.1) is 16.9 Å². The molecular weight excluding hydrogens is 256 g/mol. The molecule has 0 atom stereocenters. The third kappa shape index (κ3) is 2.38. The molecular formula is C16H21ClN2. The number of fused-ring (bicyclic) bond motifs is 1. The fourth-order valence-corrected chi connectivity index (χ4v) is 3.56. The second-order valence-corrected chi connectivity index (χ2v) is 5.89. The number of nitrogens with zero attached hydrogens (tertiary/aromatic N) is 2. The lowest BCUT2D eigenvalue weighted by Crippen LogP contribution is -2.11. The molecule has 1 aromatic heterocycles. The Morgan fingerprint density at radius 3 is 2.63 bits per heavy atom. The smallest absolute Gasteiger partial charge is 0.125 e. The van der Waals surface area contributed by atoms with Crippen molar-refractivity contribution in [1.29, 1.82) is 0 Å². The van der Waals surface area contributed by atoms with Crippen molar-refractivity contribution in [2.75, 3.05) is 0 Å². The van der Waals surface area contributed by atoms with Crippen LogP contribution in [0.4, 0.5) is 0 Å². The first-order valence-corrected chi connectivity index (χ1v) is 7.87. The maximum atomic E-state index is 6.13. The maximum Gasteiger partial charge on any atom is 0.125 e. The van der Waals surface area contributed by atoms with Crippen LogP contribution in [0.15, 0.2) is 18.2 Å². The number of benzene rings is 1. The summed E-state index contributed by atoms with van der Waals surface area (Å²) < 4.78 is 2.43. The van der Waals surface area contributed by atoms with E-state index in [1.54, 1.807) is 0 Å². The fraction of sp³-hybridized carbons (Fsp3) is 0.562. The van der Waals surface area contributed by atoms with Gasteiger partial charge in [-0.15, -0.1) is 11.6 Å². The number of halogens is 1. The van der Waals surface area contributed by atoms with Gasteiger partial charge in [0, 0.05) is 6.04 Å². The van der Waals surface area contributed by atoms with Gasteiger partial charge < -0.3 is 4.57 Å². The summed E-state index contributed by atoms with van der Waals surface area (Å²) in [6.07, 6.45) is 7.94. The van der Waals surface area contributed by atoms with Gasteiger partial charge in [-0.2, -0.15) is 0 Å². The lowest BCUT2D eigenvalue weighted by Gasteiger charge is -2.20. The molecule has 1 fully saturated rings. The van der Waals surface area contributed by atoms with Gasteiger partial charge in [-0.25, -0.2) is 4.98 Å². The molecule has 1 heterocycles. The average Bonchev–Trinajstić information content (AvgIpc) is 2.60. The molecule has 1 aliphatic rings. The molecule has 102 valence electrons. The number of aromatic nitrogens is 2. The minimum atomic E-state index is 0.505. The third-order valence-corrected chi connectivity index (χ3v) is 4.53. The highest BCUT2D eigenvalue weighted by atomic mass is 35.5. The molecule has 2 nitrogen and oxygen atoms in total. The largest absolute Gasteiger partial charge is 0.324 e. The van der Waals surface area contributed by atoms with E-state index in [0.717, 1.165) is 11.3 Å². The van der Waals surface area contributed by atoms with Crippen LogP contribution in [0.1, 0.15) is 56.0 Å². The number of imidazole rings is 1. The zero-order valence-corrected chi connectivity index (χ0v) is 12.3. The van der Waals surface area contributed by atoms with Gasteiger partial charge in [-0.05, 0) is 31.4 Å². The molecule has 3 rings (SSSR count). The summed E-state index contributed by atoms with van der Waals surface area (Å²) in [5.74, 6) is 1.54. The Kier molecular flexibility index (Phi) is 3.79. The Hall–Kier alpha value is -1.02. The Bertz CT molecular complexity index is 565. The highest BCUT2D eigenvalue weighted by Crippen LogP contribution is 2.33. The molecule has 0 amide bonds. The van der Waals surface area contributed by atoms with Crippen LogP contribution in [-0.4, -0.2) is 9.55 Å². The summed E-state index contributed by atoms with van der Waals surface area (Å²) in [6, 6.07) is 6.95. The third-order valence-electron chi connectivity index (χ3n) is 4.29. The number of hydrogen-bond donors (Lipinski definition) is 0. The van der Waals surface area contributed by atoms with Gasteiger partial charge >= 0.3 is 0 Å². The lowest BCUT2D eigenvalue weighted by molar-refractivity contribution is 0.444. The predicted octanol–water partition coefficient (Wildman–Crippen LogP) is 4.98. The molecule has 0 N–H and O–H groups in total. The van der Waals surface area contributed by atoms with Crippen LogP contribution in [0.5, 0.6) is 0 Å². The second-order valence-electron chi connectivity index (χ2n) is 5.62. The maximum absolute atomic E-state index is 6.13. The van der Waals surface area contributed by atoms with Gasteiger partial charge in [-0.3, -0.25) is 0 Å². The number of alkyl halides is 1. The van der Waals surface area contributed by atoms with Gasteiger partial charge in [0.2, 0.25) is 0 Å². The van der Waals surface area contributed by atoms with Crippen molar-refractivity contribution < 1.29 is 0 Å². The highest BCUT2D eigenvalue weighted by Gasteiger charge is 2.20. The van der Waals surface area contributed by atoms with Crippen LogP contribution in [0.2, 0.25) is 0 Å². The SMILES string of the molecule is Cc1cccc2nc(CCl)n(C3CCCCCC3)c12. The van der Waals surface area contributed by atoms with Crippen molar-refractivity contribution in [3.8, 4) is 0 Å². The number of para-hydroxylation sites is 1. The molecule has 19 heavy (non-hydrogen) atoms. The number of aryl methyl sites for hydroxylation is 1. The van der Waals surface area contributed by atoms with E-state index in [-0.39, 0.29) is 0 Å². The van der Waals surface area contributed by atoms with Crippen molar-refractivity contribution in [3.63, 3.8) is 0 Å². The standard InChI is InChI=1S/C16H21ClN2/c1-12-7-6-10-14-16(12)19(15(11-17)18-14)13-8-4-2-3-5-9-13/h6-7,10,13H,2-5,8-9,11H2,1H3. The molecule has 0 bridgehead atoms. The molecule has 0 aliphatic heterocycles. The molecule has 0 saturated heterocycles.